The summed E-state index contributed by atoms with van der Waals surface area (Å²) in [6.45, 7) is 7.33. The first-order valence-corrected chi connectivity index (χ1v) is 14.9. The Morgan fingerprint density at radius 2 is 1.90 bits per heavy atom. The fraction of sp³-hybridized carbons (Fsp3) is 0.562. The molecule has 1 aliphatic heterocycles. The number of carbonyl (C=O) groups excluding carboxylic acids is 2. The zero-order valence-corrected chi connectivity index (χ0v) is 27.1. The maximum atomic E-state index is 13.5. The Kier molecular flexibility index (Phi) is 12.3. The van der Waals surface area contributed by atoms with Gasteiger partial charge < -0.3 is 19.4 Å². The van der Waals surface area contributed by atoms with Gasteiger partial charge in [-0.25, -0.2) is 9.97 Å². The third-order valence-electron chi connectivity index (χ3n) is 8.93. The topological polar surface area (TPSA) is 97.6 Å². The molecule has 1 saturated heterocycles. The van der Waals surface area contributed by atoms with Crippen molar-refractivity contribution in [3.05, 3.63) is 42.4 Å². The zero-order valence-electron chi connectivity index (χ0n) is 25.1. The minimum Gasteiger partial charge on any atom is -0.480 e. The maximum Gasteiger partial charge on any atom is 0.224 e. The minimum absolute atomic E-state index is 0. The van der Waals surface area contributed by atoms with Gasteiger partial charge in [0.1, 0.15) is 11.8 Å². The van der Waals surface area contributed by atoms with Crippen LogP contribution in [0.15, 0.2) is 40.9 Å². The average Bonchev–Trinajstić information content (AvgIpc) is 3.46. The Morgan fingerprint density at radius 1 is 1.14 bits per heavy atom. The van der Waals surface area contributed by atoms with Crippen molar-refractivity contribution in [2.24, 2.45) is 11.3 Å². The number of carbonyl (C=O) groups is 2. The van der Waals surface area contributed by atoms with Crippen LogP contribution in [0.4, 0.5) is 0 Å². The van der Waals surface area contributed by atoms with Crippen molar-refractivity contribution in [1.82, 2.24) is 20.2 Å². The van der Waals surface area contributed by atoms with Gasteiger partial charge in [0.05, 0.1) is 24.4 Å². The number of amides is 1. The first-order valence-electron chi connectivity index (χ1n) is 14.9. The molecule has 42 heavy (non-hydrogen) atoms. The van der Waals surface area contributed by atoms with Crippen molar-refractivity contribution < 1.29 is 18.7 Å². The highest BCUT2D eigenvalue weighted by Crippen LogP contribution is 2.59. The van der Waals surface area contributed by atoms with E-state index in [4.69, 9.17) is 9.15 Å². The smallest absolute Gasteiger partial charge is 0.224 e. The number of nitrogens with zero attached hydrogens (tertiary/aromatic N) is 3. The molecule has 10 heteroatoms. The predicted octanol–water partition coefficient (Wildman–Crippen LogP) is 6.33. The molecular formula is C32H46N4O4S2. The molecule has 0 bridgehead atoms. The number of Topliss-reactive ketones (excluding diaryl/α,β-unsaturated/α-hetero) is 1. The number of methoxy groups -OCH3 is 1. The highest BCUT2D eigenvalue weighted by atomic mass is 32.1. The number of ether oxygens (including phenoxy) is 1. The normalized spacial score (nSPS) is 18.1. The highest BCUT2D eigenvalue weighted by molar-refractivity contribution is 7.59. The molecule has 2 aromatic heterocycles. The first kappa shape index (κ1) is 33.9. The van der Waals surface area contributed by atoms with Crippen molar-refractivity contribution in [1.29, 1.82) is 0 Å². The van der Waals surface area contributed by atoms with Crippen LogP contribution in [-0.2, 0) is 9.59 Å². The number of hydrogen-bond acceptors (Lipinski definition) is 7. The lowest BCUT2D eigenvalue weighted by Gasteiger charge is -2.32. The number of benzene rings is 1. The van der Waals surface area contributed by atoms with Gasteiger partial charge in [0, 0.05) is 24.1 Å². The van der Waals surface area contributed by atoms with Gasteiger partial charge in [-0.05, 0) is 69.3 Å². The molecule has 8 nitrogen and oxygen atoms in total. The van der Waals surface area contributed by atoms with Crippen LogP contribution in [0.5, 0.6) is 5.88 Å². The van der Waals surface area contributed by atoms with Crippen LogP contribution in [-0.4, -0.2) is 53.3 Å². The number of oxazole rings is 1. The molecule has 1 aromatic carbocycles. The van der Waals surface area contributed by atoms with Gasteiger partial charge in [-0.3, -0.25) is 9.59 Å². The lowest BCUT2D eigenvalue weighted by Crippen LogP contribution is -2.37. The summed E-state index contributed by atoms with van der Waals surface area (Å²) in [4.78, 5) is 36.9. The second-order valence-corrected chi connectivity index (χ2v) is 11.4. The van der Waals surface area contributed by atoms with Gasteiger partial charge in [0.25, 0.3) is 0 Å². The molecule has 2 aliphatic rings. The number of ketones is 1. The van der Waals surface area contributed by atoms with Gasteiger partial charge in [0.15, 0.2) is 5.76 Å². The molecule has 1 aliphatic carbocycles. The lowest BCUT2D eigenvalue weighted by atomic mass is 9.90. The molecule has 230 valence electrons. The maximum absolute atomic E-state index is 13.5. The summed E-state index contributed by atoms with van der Waals surface area (Å²) in [5.74, 6) is 2.01. The number of hydrogen-bond donors (Lipinski definition) is 1. The molecule has 3 aromatic rings. The van der Waals surface area contributed by atoms with E-state index in [0.717, 1.165) is 74.6 Å². The SMILES string of the molecule is CCC(=O)CCCCC[C@H](NC(=O)[C@H]1CC12CCN(CC)CC2)c1ncc(-c2cc3ccccc3nc2OC)o1.S.S. The Labute approximate surface area is 263 Å². The Balaban J connectivity index is 0.00000242. The average molecular weight is 615 g/mol. The van der Waals surface area contributed by atoms with Gasteiger partial charge in [0.2, 0.25) is 17.7 Å². The Morgan fingerprint density at radius 3 is 2.62 bits per heavy atom. The van der Waals surface area contributed by atoms with E-state index in [2.05, 4.69) is 27.1 Å². The summed E-state index contributed by atoms with van der Waals surface area (Å²) in [6.07, 6.45) is 9.43. The van der Waals surface area contributed by atoms with Crippen LogP contribution in [0.2, 0.25) is 0 Å². The van der Waals surface area contributed by atoms with Crippen molar-refractivity contribution >= 4 is 49.6 Å². The molecule has 0 radical (unpaired) electrons. The van der Waals surface area contributed by atoms with Crippen LogP contribution in [0, 0.1) is 11.3 Å². The summed E-state index contributed by atoms with van der Waals surface area (Å²) < 4.78 is 11.9. The molecule has 1 saturated carbocycles. The highest BCUT2D eigenvalue weighted by Gasteiger charge is 2.58. The van der Waals surface area contributed by atoms with E-state index in [-0.39, 0.29) is 50.3 Å². The summed E-state index contributed by atoms with van der Waals surface area (Å²) in [6, 6.07) is 9.55. The van der Waals surface area contributed by atoms with Gasteiger partial charge in [-0.15, -0.1) is 0 Å². The van der Waals surface area contributed by atoms with Crippen LogP contribution in [0.25, 0.3) is 22.2 Å². The Bertz CT molecular complexity index is 1340. The van der Waals surface area contributed by atoms with Gasteiger partial charge in [-0.1, -0.05) is 44.9 Å². The molecule has 2 atom stereocenters. The number of fused-ring (bicyclic) bond motifs is 1. The van der Waals surface area contributed by atoms with E-state index in [0.29, 0.717) is 42.6 Å². The van der Waals surface area contributed by atoms with Crippen LogP contribution in [0.3, 0.4) is 0 Å². The second kappa shape index (κ2) is 15.3. The molecule has 1 amide bonds. The quantitative estimate of drug-likeness (QED) is 0.225. The number of piperidine rings is 1. The van der Waals surface area contributed by atoms with E-state index >= 15 is 0 Å². The summed E-state index contributed by atoms with van der Waals surface area (Å²) >= 11 is 0. The third-order valence-corrected chi connectivity index (χ3v) is 8.93. The summed E-state index contributed by atoms with van der Waals surface area (Å²) in [5, 5.41) is 4.29. The fourth-order valence-corrected chi connectivity index (χ4v) is 6.14. The number of rotatable bonds is 13. The Hall–Kier alpha value is -2.56. The molecule has 1 N–H and O–H groups in total. The third kappa shape index (κ3) is 7.68. The van der Waals surface area contributed by atoms with E-state index < -0.39 is 0 Å². The van der Waals surface area contributed by atoms with E-state index in [1.54, 1.807) is 13.3 Å². The van der Waals surface area contributed by atoms with Crippen molar-refractivity contribution in [2.75, 3.05) is 26.7 Å². The van der Waals surface area contributed by atoms with Crippen molar-refractivity contribution in [2.45, 2.75) is 77.7 Å². The number of pyridine rings is 1. The van der Waals surface area contributed by atoms with Crippen LogP contribution < -0.4 is 10.1 Å². The van der Waals surface area contributed by atoms with E-state index in [1.165, 1.54) is 0 Å². The molecule has 3 heterocycles. The number of para-hydroxylation sites is 1. The molecule has 5 rings (SSSR count). The second-order valence-electron chi connectivity index (χ2n) is 11.4. The van der Waals surface area contributed by atoms with Gasteiger partial charge >= 0.3 is 0 Å². The number of aromatic nitrogens is 2. The zero-order chi connectivity index (χ0) is 28.1. The standard InChI is InChI=1S/C32H42N4O4.2H2S/c1-4-23(37)12-7-6-8-14-27(34-29(38)25-20-32(25)15-17-36(5-2)18-16-32)31-33-21-28(40-31)24-19-22-11-9-10-13-26(22)35-30(24)39-3;;/h9-11,13,19,21,25,27H,4-8,12,14-18,20H2,1-3H3,(H,34,38);2*1H2/t25-,27+;;/m1../s1. The van der Waals surface area contributed by atoms with Crippen LogP contribution >= 0.6 is 27.0 Å². The van der Waals surface area contributed by atoms with Crippen molar-refractivity contribution in [3.8, 4) is 17.2 Å². The largest absolute Gasteiger partial charge is 0.480 e. The minimum atomic E-state index is -0.323. The summed E-state index contributed by atoms with van der Waals surface area (Å²) in [7, 11) is 1.60. The summed E-state index contributed by atoms with van der Waals surface area (Å²) in [5.41, 5.74) is 1.73. The van der Waals surface area contributed by atoms with E-state index in [9.17, 15) is 9.59 Å². The van der Waals surface area contributed by atoms with E-state index in [1.807, 2.05) is 37.3 Å². The molecular weight excluding hydrogens is 569 g/mol. The van der Waals surface area contributed by atoms with Crippen LogP contribution in [0.1, 0.15) is 83.6 Å². The number of unbranched alkanes of at least 4 members (excludes halogenated alkanes) is 2. The molecule has 2 fully saturated rings. The number of likely N-dealkylation sites (tertiary alicyclic amines) is 1. The lowest BCUT2D eigenvalue weighted by molar-refractivity contribution is -0.124. The molecule has 0 unspecified atom stereocenters. The molecule has 1 spiro atoms. The fourth-order valence-electron chi connectivity index (χ4n) is 6.14. The monoisotopic (exact) mass is 614 g/mol. The van der Waals surface area contributed by atoms with Crippen molar-refractivity contribution in [3.63, 3.8) is 0 Å². The van der Waals surface area contributed by atoms with Gasteiger partial charge in [-0.2, -0.15) is 27.0 Å². The predicted molar refractivity (Wildman–Crippen MR) is 176 cm³/mol. The number of nitrogens with one attached hydrogen (secondary N) is 1. The first-order chi connectivity index (χ1) is 19.5.